The summed E-state index contributed by atoms with van der Waals surface area (Å²) in [7, 11) is 0. The molecule has 0 fully saturated rings. The van der Waals surface area contributed by atoms with E-state index < -0.39 is 0 Å². The summed E-state index contributed by atoms with van der Waals surface area (Å²) in [6.07, 6.45) is 3.82. The Morgan fingerprint density at radius 2 is 1.79 bits per heavy atom. The first kappa shape index (κ1) is 13.3. The van der Waals surface area contributed by atoms with Crippen LogP contribution >= 0.6 is 0 Å². The molecule has 0 radical (unpaired) electrons. The maximum Gasteiger partial charge on any atom is 0.123 e. The monoisotopic (exact) mass is 257 g/mol. The first-order chi connectivity index (χ1) is 9.13. The minimum absolute atomic E-state index is 0.114. The zero-order valence-electron chi connectivity index (χ0n) is 10.6. The number of hydrogen-bond donors (Lipinski definition) is 1. The summed E-state index contributed by atoms with van der Waals surface area (Å²) in [5.41, 5.74) is 3.06. The van der Waals surface area contributed by atoms with Gasteiger partial charge in [0.15, 0.2) is 0 Å². The molecule has 1 heterocycles. The molecule has 2 rings (SSSR count). The van der Waals surface area contributed by atoms with E-state index in [1.54, 1.807) is 18.3 Å². The van der Waals surface area contributed by atoms with Crippen LogP contribution in [0.3, 0.4) is 0 Å². The quantitative estimate of drug-likeness (QED) is 0.830. The number of rotatable bonds is 5. The Labute approximate surface area is 112 Å². The maximum atomic E-state index is 12.8. The van der Waals surface area contributed by atoms with Crippen LogP contribution in [0.25, 0.3) is 0 Å². The molecule has 1 aromatic carbocycles. The van der Waals surface area contributed by atoms with Crippen LogP contribution in [0.1, 0.15) is 16.8 Å². The number of nitrogens with zero attached hydrogens (tertiary/aromatic N) is 1. The van der Waals surface area contributed by atoms with E-state index in [1.807, 2.05) is 12.1 Å². The standard InChI is InChI=1S/C16H16FNO/c1-12(19)10-16-11-14(8-9-18-16)3-2-13-4-6-15(17)7-5-13/h4-9,11,19H,1-3,10H2. The highest BCUT2D eigenvalue weighted by molar-refractivity contribution is 5.22. The molecule has 0 saturated heterocycles. The Morgan fingerprint density at radius 3 is 2.47 bits per heavy atom. The molecule has 0 aliphatic heterocycles. The summed E-state index contributed by atoms with van der Waals surface area (Å²) < 4.78 is 12.8. The number of aliphatic hydroxyl groups excluding tert-OH is 1. The number of pyridine rings is 1. The molecule has 0 unspecified atom stereocenters. The third kappa shape index (κ3) is 4.21. The fraction of sp³-hybridized carbons (Fsp3) is 0.188. The van der Waals surface area contributed by atoms with Gasteiger partial charge in [-0.2, -0.15) is 0 Å². The van der Waals surface area contributed by atoms with Crippen LogP contribution in [0.2, 0.25) is 0 Å². The van der Waals surface area contributed by atoms with Crippen LogP contribution in [0.4, 0.5) is 4.39 Å². The number of halogens is 1. The van der Waals surface area contributed by atoms with Crippen molar-refractivity contribution in [1.82, 2.24) is 4.98 Å². The van der Waals surface area contributed by atoms with Crippen molar-refractivity contribution in [3.8, 4) is 0 Å². The van der Waals surface area contributed by atoms with Gasteiger partial charge in [-0.15, -0.1) is 0 Å². The third-order valence-electron chi connectivity index (χ3n) is 2.88. The highest BCUT2D eigenvalue weighted by atomic mass is 19.1. The average Bonchev–Trinajstić information content (AvgIpc) is 2.38. The number of hydrogen-bond acceptors (Lipinski definition) is 2. The smallest absolute Gasteiger partial charge is 0.123 e. The summed E-state index contributed by atoms with van der Waals surface area (Å²) >= 11 is 0. The van der Waals surface area contributed by atoms with Crippen LogP contribution in [0.5, 0.6) is 0 Å². The van der Waals surface area contributed by atoms with Gasteiger partial charge in [-0.25, -0.2) is 4.39 Å². The number of aromatic nitrogens is 1. The van der Waals surface area contributed by atoms with Crippen LogP contribution in [0, 0.1) is 5.82 Å². The van der Waals surface area contributed by atoms with Crippen molar-refractivity contribution in [3.63, 3.8) is 0 Å². The summed E-state index contributed by atoms with van der Waals surface area (Å²) in [6.45, 7) is 3.46. The van der Waals surface area contributed by atoms with Crippen LogP contribution < -0.4 is 0 Å². The highest BCUT2D eigenvalue weighted by Gasteiger charge is 2.01. The number of allylic oxidation sites excluding steroid dienone is 1. The lowest BCUT2D eigenvalue weighted by atomic mass is 10.0. The largest absolute Gasteiger partial charge is 0.513 e. The topological polar surface area (TPSA) is 33.1 Å². The third-order valence-corrected chi connectivity index (χ3v) is 2.88. The Hall–Kier alpha value is -2.16. The van der Waals surface area contributed by atoms with Gasteiger partial charge in [-0.05, 0) is 48.2 Å². The molecule has 0 aliphatic rings. The Balaban J connectivity index is 1.99. The molecule has 0 aliphatic carbocycles. The average molecular weight is 257 g/mol. The fourth-order valence-electron chi connectivity index (χ4n) is 1.93. The van der Waals surface area contributed by atoms with Gasteiger partial charge >= 0.3 is 0 Å². The van der Waals surface area contributed by atoms with E-state index in [0.29, 0.717) is 6.42 Å². The van der Waals surface area contributed by atoms with E-state index in [1.165, 1.54) is 12.1 Å². The summed E-state index contributed by atoms with van der Waals surface area (Å²) in [5.74, 6) is -0.0976. The zero-order valence-corrected chi connectivity index (χ0v) is 10.6. The van der Waals surface area contributed by atoms with E-state index in [4.69, 9.17) is 5.11 Å². The summed E-state index contributed by atoms with van der Waals surface area (Å²) in [6, 6.07) is 10.5. The van der Waals surface area contributed by atoms with Gasteiger partial charge in [0.05, 0.1) is 5.76 Å². The lowest BCUT2D eigenvalue weighted by molar-refractivity contribution is 0.400. The number of benzene rings is 1. The van der Waals surface area contributed by atoms with Gasteiger partial charge in [0, 0.05) is 18.3 Å². The molecule has 98 valence electrons. The Kier molecular flexibility index (Phi) is 4.29. The molecule has 3 heteroatoms. The van der Waals surface area contributed by atoms with Gasteiger partial charge in [-0.3, -0.25) is 4.98 Å². The Bertz CT molecular complexity index is 563. The molecule has 0 bridgehead atoms. The second kappa shape index (κ2) is 6.14. The molecule has 2 nitrogen and oxygen atoms in total. The van der Waals surface area contributed by atoms with Gasteiger partial charge in [0.1, 0.15) is 5.82 Å². The molecular formula is C16H16FNO. The zero-order chi connectivity index (χ0) is 13.7. The lowest BCUT2D eigenvalue weighted by Crippen LogP contribution is -1.96. The lowest BCUT2D eigenvalue weighted by Gasteiger charge is -2.05. The maximum absolute atomic E-state index is 12.8. The SMILES string of the molecule is C=C(O)Cc1cc(CCc2ccc(F)cc2)ccn1. The van der Waals surface area contributed by atoms with Crippen molar-refractivity contribution in [2.75, 3.05) is 0 Å². The second-order valence-electron chi connectivity index (χ2n) is 4.52. The van der Waals surface area contributed by atoms with E-state index in [9.17, 15) is 4.39 Å². The number of aliphatic hydroxyl groups is 1. The van der Waals surface area contributed by atoms with Gasteiger partial charge in [0.25, 0.3) is 0 Å². The fourth-order valence-corrected chi connectivity index (χ4v) is 1.93. The van der Waals surface area contributed by atoms with E-state index >= 15 is 0 Å². The molecular weight excluding hydrogens is 241 g/mol. The first-order valence-corrected chi connectivity index (χ1v) is 6.18. The first-order valence-electron chi connectivity index (χ1n) is 6.18. The molecule has 19 heavy (non-hydrogen) atoms. The molecule has 0 amide bonds. The van der Waals surface area contributed by atoms with E-state index in [2.05, 4.69) is 11.6 Å². The Morgan fingerprint density at radius 1 is 1.11 bits per heavy atom. The minimum atomic E-state index is -0.212. The van der Waals surface area contributed by atoms with Crippen LogP contribution in [0.15, 0.2) is 54.9 Å². The molecule has 0 spiro atoms. The predicted molar refractivity (Wildman–Crippen MR) is 73.5 cm³/mol. The summed E-state index contributed by atoms with van der Waals surface area (Å²) in [4.78, 5) is 4.18. The number of aryl methyl sites for hydroxylation is 2. The normalized spacial score (nSPS) is 10.4. The molecule has 0 atom stereocenters. The van der Waals surface area contributed by atoms with Crippen LogP contribution in [-0.4, -0.2) is 10.1 Å². The van der Waals surface area contributed by atoms with Crippen molar-refractivity contribution < 1.29 is 9.50 Å². The van der Waals surface area contributed by atoms with Crippen molar-refractivity contribution in [1.29, 1.82) is 0 Å². The molecule has 0 saturated carbocycles. The van der Waals surface area contributed by atoms with Gasteiger partial charge in [0.2, 0.25) is 0 Å². The van der Waals surface area contributed by atoms with Crippen LogP contribution in [-0.2, 0) is 19.3 Å². The predicted octanol–water partition coefficient (Wildman–Crippen LogP) is 3.62. The van der Waals surface area contributed by atoms with Crippen molar-refractivity contribution in [2.24, 2.45) is 0 Å². The highest BCUT2D eigenvalue weighted by Crippen LogP contribution is 2.10. The van der Waals surface area contributed by atoms with Crippen molar-refractivity contribution in [2.45, 2.75) is 19.3 Å². The van der Waals surface area contributed by atoms with Crippen molar-refractivity contribution >= 4 is 0 Å². The van der Waals surface area contributed by atoms with Gasteiger partial charge < -0.3 is 5.11 Å². The van der Waals surface area contributed by atoms with Gasteiger partial charge in [-0.1, -0.05) is 18.7 Å². The summed E-state index contributed by atoms with van der Waals surface area (Å²) in [5, 5.41) is 9.16. The molecule has 1 aromatic heterocycles. The van der Waals surface area contributed by atoms with E-state index in [-0.39, 0.29) is 11.6 Å². The second-order valence-corrected chi connectivity index (χ2v) is 4.52. The minimum Gasteiger partial charge on any atom is -0.513 e. The van der Waals surface area contributed by atoms with E-state index in [0.717, 1.165) is 29.7 Å². The molecule has 1 N–H and O–H groups in total. The molecule has 2 aromatic rings. The van der Waals surface area contributed by atoms with Crippen molar-refractivity contribution in [3.05, 3.63) is 77.6 Å².